The first-order chi connectivity index (χ1) is 24.2. The van der Waals surface area contributed by atoms with E-state index in [-0.39, 0.29) is 30.8 Å². The average molecular weight is 682 g/mol. The zero-order valence-electron chi connectivity index (χ0n) is 28.9. The number of aliphatic hydroxyl groups excluding tert-OH is 2. The van der Waals surface area contributed by atoms with Crippen molar-refractivity contribution in [2.75, 3.05) is 26.0 Å². The van der Waals surface area contributed by atoms with Gasteiger partial charge in [0.25, 0.3) is 0 Å². The second-order valence-corrected chi connectivity index (χ2v) is 12.8. The van der Waals surface area contributed by atoms with E-state index >= 15 is 0 Å². The number of hydrogen-bond donors (Lipinski definition) is 4. The number of likely N-dealkylation sites (N-methyl/N-ethyl adjacent to an activating group) is 1. The van der Waals surface area contributed by atoms with Gasteiger partial charge in [0.2, 0.25) is 0 Å². The van der Waals surface area contributed by atoms with E-state index in [2.05, 4.69) is 22.5 Å². The van der Waals surface area contributed by atoms with Crippen molar-refractivity contribution in [3.8, 4) is 0 Å². The fraction of sp³-hybridized carbons (Fsp3) is 0.350. The predicted molar refractivity (Wildman–Crippen MR) is 191 cm³/mol. The molecule has 50 heavy (non-hydrogen) atoms. The van der Waals surface area contributed by atoms with Crippen molar-refractivity contribution >= 4 is 17.7 Å². The Bertz CT molecular complexity index is 1650. The lowest BCUT2D eigenvalue weighted by molar-refractivity contribution is -0.276. The molecule has 0 spiro atoms. The summed E-state index contributed by atoms with van der Waals surface area (Å²) in [5.41, 5.74) is 4.82. The minimum atomic E-state index is -0.859. The minimum Gasteiger partial charge on any atom is -0.467 e. The van der Waals surface area contributed by atoms with Crippen LogP contribution in [0.2, 0.25) is 0 Å². The van der Waals surface area contributed by atoms with E-state index in [4.69, 9.17) is 14.2 Å². The Balaban J connectivity index is 1.30. The molecule has 1 heterocycles. The largest absolute Gasteiger partial charge is 0.467 e. The molecule has 4 N–H and O–H groups in total. The number of carbonyl (C=O) groups excluding carboxylic acids is 2. The van der Waals surface area contributed by atoms with Gasteiger partial charge in [-0.25, -0.2) is 9.59 Å². The lowest BCUT2D eigenvalue weighted by Gasteiger charge is -2.43. The molecule has 1 fully saturated rings. The van der Waals surface area contributed by atoms with Gasteiger partial charge in [-0.1, -0.05) is 104 Å². The van der Waals surface area contributed by atoms with E-state index in [0.29, 0.717) is 18.7 Å². The summed E-state index contributed by atoms with van der Waals surface area (Å²) < 4.78 is 18.1. The second-order valence-electron chi connectivity index (χ2n) is 12.8. The normalized spacial score (nSPS) is 20.8. The van der Waals surface area contributed by atoms with Crippen LogP contribution in [0.15, 0.2) is 109 Å². The molecule has 2 amide bonds. The number of methoxy groups -OCH3 is 1. The fourth-order valence-electron chi connectivity index (χ4n) is 6.18. The molecule has 0 saturated carbocycles. The van der Waals surface area contributed by atoms with Gasteiger partial charge in [0.1, 0.15) is 6.04 Å². The molecule has 0 unspecified atom stereocenters. The molecule has 10 nitrogen and oxygen atoms in total. The van der Waals surface area contributed by atoms with Crippen LogP contribution in [-0.2, 0) is 32.0 Å². The average Bonchev–Trinajstić information content (AvgIpc) is 3.15. The van der Waals surface area contributed by atoms with Crippen LogP contribution < -0.4 is 10.6 Å². The monoisotopic (exact) mass is 681 g/mol. The number of esters is 1. The van der Waals surface area contributed by atoms with E-state index in [0.717, 1.165) is 27.8 Å². The Morgan fingerprint density at radius 3 is 2.10 bits per heavy atom. The van der Waals surface area contributed by atoms with E-state index in [1.165, 1.54) is 7.11 Å². The molecular formula is C40H47N3O7. The second kappa shape index (κ2) is 17.4. The molecule has 264 valence electrons. The Morgan fingerprint density at radius 1 is 0.860 bits per heavy atom. The Morgan fingerprint density at radius 2 is 1.48 bits per heavy atom. The number of carbonyl (C=O) groups is 2. The van der Waals surface area contributed by atoms with E-state index in [9.17, 15) is 19.8 Å². The van der Waals surface area contributed by atoms with Crippen molar-refractivity contribution in [3.63, 3.8) is 0 Å². The molecule has 5 rings (SSSR count). The first-order valence-electron chi connectivity index (χ1n) is 16.9. The molecule has 0 bridgehead atoms. The highest BCUT2D eigenvalue weighted by molar-refractivity contribution is 5.92. The van der Waals surface area contributed by atoms with Crippen molar-refractivity contribution in [3.05, 3.63) is 137 Å². The van der Waals surface area contributed by atoms with Gasteiger partial charge < -0.3 is 35.1 Å². The summed E-state index contributed by atoms with van der Waals surface area (Å²) in [7, 11) is 3.28. The molecule has 1 aliphatic heterocycles. The first kappa shape index (κ1) is 36.7. The number of ether oxygens (including phenoxy) is 3. The molecule has 4 aromatic carbocycles. The van der Waals surface area contributed by atoms with Crippen LogP contribution >= 0.6 is 0 Å². The van der Waals surface area contributed by atoms with Gasteiger partial charge in [-0.05, 0) is 48.4 Å². The van der Waals surface area contributed by atoms with Crippen molar-refractivity contribution in [1.29, 1.82) is 0 Å². The number of hydrogen-bond acceptors (Lipinski definition) is 8. The lowest BCUT2D eigenvalue weighted by Crippen LogP contribution is -2.46. The summed E-state index contributed by atoms with van der Waals surface area (Å²) in [5.74, 6) is -0.581. The molecule has 1 aliphatic rings. The van der Waals surface area contributed by atoms with Crippen molar-refractivity contribution < 1.29 is 34.0 Å². The highest BCUT2D eigenvalue weighted by Gasteiger charge is 2.39. The van der Waals surface area contributed by atoms with Gasteiger partial charge in [-0.3, -0.25) is 4.90 Å². The quantitative estimate of drug-likeness (QED) is 0.128. The van der Waals surface area contributed by atoms with Gasteiger partial charge >= 0.3 is 12.0 Å². The van der Waals surface area contributed by atoms with Gasteiger partial charge in [-0.2, -0.15) is 0 Å². The number of amides is 2. The van der Waals surface area contributed by atoms with Crippen molar-refractivity contribution in [2.24, 2.45) is 5.92 Å². The van der Waals surface area contributed by atoms with Gasteiger partial charge in [0.15, 0.2) is 6.29 Å². The number of aliphatic hydroxyl groups is 2. The standard InChI is InChI=1S/C40H47N3O7/c1-26-35(24-43(3)27(2)36(45)30-13-9-6-10-14-30)49-39(50-37(26)31-17-15-29(25-44)16-18-31)32-19-21-33(22-20-32)41-40(47)42-34(38(46)48-4)23-28-11-7-5-8-12-28/h5-22,26-27,34-37,39,44-45H,23-25H2,1-4H3,(H2,41,42,47)/t26-,27+,34+,35+,36+,37+,39+/m1/s1. The van der Waals surface area contributed by atoms with Crippen LogP contribution in [0.4, 0.5) is 10.5 Å². The summed E-state index contributed by atoms with van der Waals surface area (Å²) in [6.07, 6.45) is -1.65. The van der Waals surface area contributed by atoms with E-state index in [1.54, 1.807) is 12.1 Å². The van der Waals surface area contributed by atoms with Gasteiger partial charge in [0, 0.05) is 36.2 Å². The van der Waals surface area contributed by atoms with Crippen molar-refractivity contribution in [2.45, 2.75) is 63.6 Å². The number of nitrogens with zero attached hydrogens (tertiary/aromatic N) is 1. The smallest absolute Gasteiger partial charge is 0.328 e. The molecule has 7 atom stereocenters. The first-order valence-corrected chi connectivity index (χ1v) is 16.9. The molecule has 0 aromatic heterocycles. The molecule has 0 radical (unpaired) electrons. The zero-order valence-corrected chi connectivity index (χ0v) is 28.9. The predicted octanol–water partition coefficient (Wildman–Crippen LogP) is 5.93. The Hall–Kier alpha value is -4.58. The highest BCUT2D eigenvalue weighted by Crippen LogP contribution is 2.42. The molecule has 1 saturated heterocycles. The SMILES string of the molecule is COC(=O)[C@H](Cc1ccccc1)NC(=O)Nc1ccc([C@H]2O[C@@H](CN(C)[C@@H](C)[C@H](O)c3ccccc3)[C@@H](C)[C@@H](c3ccc(CO)cc3)O2)cc1. The molecule has 10 heteroatoms. The Kier molecular flexibility index (Phi) is 12.8. The molecule has 4 aromatic rings. The maximum absolute atomic E-state index is 12.9. The van der Waals surface area contributed by atoms with Crippen LogP contribution in [0.3, 0.4) is 0 Å². The van der Waals surface area contributed by atoms with Gasteiger partial charge in [0.05, 0.1) is 32.0 Å². The number of nitrogens with one attached hydrogen (secondary N) is 2. The molecular weight excluding hydrogens is 634 g/mol. The van der Waals surface area contributed by atoms with Crippen molar-refractivity contribution in [1.82, 2.24) is 10.2 Å². The van der Waals surface area contributed by atoms with E-state index in [1.807, 2.05) is 111 Å². The highest BCUT2D eigenvalue weighted by atomic mass is 16.7. The lowest BCUT2D eigenvalue weighted by atomic mass is 9.89. The number of anilines is 1. The zero-order chi connectivity index (χ0) is 35.6. The summed E-state index contributed by atoms with van der Waals surface area (Å²) in [6.45, 7) is 4.60. The van der Waals surface area contributed by atoms with Crippen LogP contribution in [-0.4, -0.2) is 66.0 Å². The van der Waals surface area contributed by atoms with Crippen LogP contribution in [0.5, 0.6) is 0 Å². The summed E-state index contributed by atoms with van der Waals surface area (Å²) in [6, 6.07) is 32.4. The maximum Gasteiger partial charge on any atom is 0.328 e. The summed E-state index contributed by atoms with van der Waals surface area (Å²) in [5, 5.41) is 26.2. The van der Waals surface area contributed by atoms with E-state index < -0.39 is 30.4 Å². The third kappa shape index (κ3) is 9.35. The van der Waals surface area contributed by atoms with Crippen LogP contribution in [0.1, 0.15) is 60.2 Å². The number of rotatable bonds is 13. The Labute approximate surface area is 294 Å². The number of benzene rings is 4. The number of urea groups is 1. The summed E-state index contributed by atoms with van der Waals surface area (Å²) >= 11 is 0. The third-order valence-electron chi connectivity index (χ3n) is 9.40. The van der Waals surface area contributed by atoms with Crippen LogP contribution in [0.25, 0.3) is 0 Å². The topological polar surface area (TPSA) is 130 Å². The van der Waals surface area contributed by atoms with Crippen LogP contribution in [0, 0.1) is 5.92 Å². The van der Waals surface area contributed by atoms with Gasteiger partial charge in [-0.15, -0.1) is 0 Å². The maximum atomic E-state index is 12.9. The minimum absolute atomic E-state index is 0.0435. The fourth-order valence-corrected chi connectivity index (χ4v) is 6.18. The molecule has 0 aliphatic carbocycles. The third-order valence-corrected chi connectivity index (χ3v) is 9.40. The summed E-state index contributed by atoms with van der Waals surface area (Å²) in [4.78, 5) is 27.5.